The number of methoxy groups -OCH3 is 1. The Kier molecular flexibility index (Phi) is 3.78. The first-order valence-corrected chi connectivity index (χ1v) is 5.44. The minimum absolute atomic E-state index is 0.132. The summed E-state index contributed by atoms with van der Waals surface area (Å²) in [5.41, 5.74) is 7.94. The van der Waals surface area contributed by atoms with E-state index in [0.29, 0.717) is 5.75 Å². The Labute approximate surface area is 101 Å². The number of carboxylic acids is 1. The largest absolute Gasteiger partial charge is 0.496 e. The molecule has 0 aliphatic carbocycles. The van der Waals surface area contributed by atoms with Gasteiger partial charge in [0, 0.05) is 5.56 Å². The van der Waals surface area contributed by atoms with Crippen molar-refractivity contribution in [3.8, 4) is 5.75 Å². The van der Waals surface area contributed by atoms with Gasteiger partial charge in [-0.25, -0.2) is 0 Å². The van der Waals surface area contributed by atoms with Crippen LogP contribution in [0.4, 0.5) is 0 Å². The number of hydrogen-bond acceptors (Lipinski definition) is 3. The van der Waals surface area contributed by atoms with Crippen LogP contribution in [0, 0.1) is 13.8 Å². The summed E-state index contributed by atoms with van der Waals surface area (Å²) >= 11 is 0. The van der Waals surface area contributed by atoms with Crippen LogP contribution in [0.5, 0.6) is 5.75 Å². The maximum atomic E-state index is 10.8. The van der Waals surface area contributed by atoms with E-state index >= 15 is 0 Å². The minimum Gasteiger partial charge on any atom is -0.496 e. The molecule has 1 rings (SSSR count). The minimum atomic E-state index is -0.936. The van der Waals surface area contributed by atoms with Crippen molar-refractivity contribution in [2.75, 3.05) is 7.11 Å². The van der Waals surface area contributed by atoms with Crippen molar-refractivity contribution in [1.82, 2.24) is 0 Å². The molecule has 0 radical (unpaired) electrons. The summed E-state index contributed by atoms with van der Waals surface area (Å²) in [7, 11) is 1.56. The van der Waals surface area contributed by atoms with Crippen LogP contribution in [0.2, 0.25) is 0 Å². The van der Waals surface area contributed by atoms with Crippen LogP contribution in [-0.4, -0.2) is 18.2 Å². The Hall–Kier alpha value is -1.55. The van der Waals surface area contributed by atoms with Gasteiger partial charge in [-0.1, -0.05) is 6.07 Å². The van der Waals surface area contributed by atoms with Crippen LogP contribution in [0.15, 0.2) is 12.1 Å². The number of carbonyl (C=O) groups is 1. The van der Waals surface area contributed by atoms with Gasteiger partial charge in [-0.3, -0.25) is 4.79 Å². The molecule has 1 aromatic rings. The van der Waals surface area contributed by atoms with Gasteiger partial charge >= 0.3 is 5.97 Å². The Morgan fingerprint density at radius 3 is 2.53 bits per heavy atom. The van der Waals surface area contributed by atoms with Crippen LogP contribution in [0.3, 0.4) is 0 Å². The molecule has 17 heavy (non-hydrogen) atoms. The monoisotopic (exact) mass is 237 g/mol. The molecule has 0 aliphatic heterocycles. The van der Waals surface area contributed by atoms with Gasteiger partial charge in [0.25, 0.3) is 0 Å². The molecule has 1 atom stereocenters. The van der Waals surface area contributed by atoms with Crippen molar-refractivity contribution in [1.29, 1.82) is 0 Å². The number of nitrogens with two attached hydrogens (primary N) is 1. The summed E-state index contributed by atoms with van der Waals surface area (Å²) in [6.07, 6.45) is -0.132. The molecule has 0 spiro atoms. The highest BCUT2D eigenvalue weighted by Gasteiger charge is 2.29. The van der Waals surface area contributed by atoms with Crippen molar-refractivity contribution in [3.05, 3.63) is 28.8 Å². The van der Waals surface area contributed by atoms with Gasteiger partial charge in [0.05, 0.1) is 19.1 Å². The molecule has 4 heteroatoms. The van der Waals surface area contributed by atoms with Crippen molar-refractivity contribution in [2.24, 2.45) is 5.73 Å². The zero-order chi connectivity index (χ0) is 13.2. The Morgan fingerprint density at radius 2 is 2.06 bits per heavy atom. The summed E-state index contributed by atoms with van der Waals surface area (Å²) in [6, 6.07) is 3.85. The summed E-state index contributed by atoms with van der Waals surface area (Å²) in [6.45, 7) is 5.59. The Balaban J connectivity index is 3.33. The molecule has 0 amide bonds. The molecule has 4 nitrogen and oxygen atoms in total. The zero-order valence-corrected chi connectivity index (χ0v) is 10.7. The molecule has 1 aromatic carbocycles. The predicted molar refractivity (Wildman–Crippen MR) is 66.3 cm³/mol. The first kappa shape index (κ1) is 13.5. The molecule has 0 fully saturated rings. The maximum Gasteiger partial charge on any atom is 0.305 e. The topological polar surface area (TPSA) is 72.5 Å². The zero-order valence-electron chi connectivity index (χ0n) is 10.7. The first-order valence-electron chi connectivity index (χ1n) is 5.44. The number of rotatable bonds is 4. The average molecular weight is 237 g/mol. The van der Waals surface area contributed by atoms with Crippen molar-refractivity contribution in [2.45, 2.75) is 32.7 Å². The number of ether oxygens (including phenoxy) is 1. The van der Waals surface area contributed by atoms with E-state index in [1.54, 1.807) is 14.0 Å². The quantitative estimate of drug-likeness (QED) is 0.839. The van der Waals surface area contributed by atoms with Crippen LogP contribution in [0.1, 0.15) is 30.0 Å². The highest BCUT2D eigenvalue weighted by Crippen LogP contribution is 2.34. The fraction of sp³-hybridized carbons (Fsp3) is 0.462. The molecule has 1 unspecified atom stereocenters. The van der Waals surface area contributed by atoms with Crippen LogP contribution >= 0.6 is 0 Å². The molecule has 3 N–H and O–H groups in total. The van der Waals surface area contributed by atoms with Crippen molar-refractivity contribution < 1.29 is 14.6 Å². The second kappa shape index (κ2) is 4.75. The smallest absolute Gasteiger partial charge is 0.305 e. The lowest BCUT2D eigenvalue weighted by atomic mass is 9.85. The third-order valence-corrected chi connectivity index (χ3v) is 2.75. The van der Waals surface area contributed by atoms with Gasteiger partial charge in [0.15, 0.2) is 0 Å². The van der Waals surface area contributed by atoms with Gasteiger partial charge in [0.2, 0.25) is 0 Å². The van der Waals surface area contributed by atoms with Gasteiger partial charge in [-0.15, -0.1) is 0 Å². The SMILES string of the molecule is COc1cc(C)cc(C)c1C(C)(N)CC(=O)O. The maximum absolute atomic E-state index is 10.8. The molecule has 0 heterocycles. The lowest BCUT2D eigenvalue weighted by Gasteiger charge is -2.27. The molecule has 0 saturated carbocycles. The third-order valence-electron chi connectivity index (χ3n) is 2.75. The van der Waals surface area contributed by atoms with E-state index in [9.17, 15) is 4.79 Å². The lowest BCUT2D eigenvalue weighted by Crippen LogP contribution is -2.36. The van der Waals surface area contributed by atoms with Gasteiger partial charge in [-0.05, 0) is 38.0 Å². The van der Waals surface area contributed by atoms with Gasteiger partial charge in [0.1, 0.15) is 5.75 Å². The normalized spacial score (nSPS) is 14.2. The average Bonchev–Trinajstić information content (AvgIpc) is 2.13. The van der Waals surface area contributed by atoms with E-state index in [1.165, 1.54) is 0 Å². The molecule has 0 aromatic heterocycles. The molecule has 94 valence electrons. The van der Waals surface area contributed by atoms with Crippen molar-refractivity contribution in [3.63, 3.8) is 0 Å². The molecule has 0 saturated heterocycles. The van der Waals surface area contributed by atoms with Crippen molar-refractivity contribution >= 4 is 5.97 Å². The van der Waals surface area contributed by atoms with Gasteiger partial charge < -0.3 is 15.6 Å². The van der Waals surface area contributed by atoms with E-state index in [2.05, 4.69) is 0 Å². The molecule has 0 bridgehead atoms. The molecular weight excluding hydrogens is 218 g/mol. The van der Waals surface area contributed by atoms with Crippen LogP contribution in [0.25, 0.3) is 0 Å². The van der Waals surface area contributed by atoms with Gasteiger partial charge in [-0.2, -0.15) is 0 Å². The fourth-order valence-corrected chi connectivity index (χ4v) is 2.22. The highest BCUT2D eigenvalue weighted by atomic mass is 16.5. The number of hydrogen-bond donors (Lipinski definition) is 2. The third kappa shape index (κ3) is 2.97. The van der Waals surface area contributed by atoms with E-state index in [1.807, 2.05) is 26.0 Å². The van der Waals surface area contributed by atoms with E-state index in [0.717, 1.165) is 16.7 Å². The summed E-state index contributed by atoms with van der Waals surface area (Å²) in [4.78, 5) is 10.8. The Bertz CT molecular complexity index is 439. The Morgan fingerprint density at radius 1 is 1.47 bits per heavy atom. The number of carboxylic acid groups (broad SMARTS) is 1. The molecule has 0 aliphatic rings. The van der Waals surface area contributed by atoms with E-state index in [-0.39, 0.29) is 6.42 Å². The van der Waals surface area contributed by atoms with Crippen LogP contribution in [-0.2, 0) is 10.3 Å². The molecular formula is C13H19NO3. The number of benzene rings is 1. The summed E-state index contributed by atoms with van der Waals surface area (Å²) < 4.78 is 5.30. The first-order chi connectivity index (χ1) is 7.77. The fourth-order valence-electron chi connectivity index (χ4n) is 2.22. The van der Waals surface area contributed by atoms with Crippen LogP contribution < -0.4 is 10.5 Å². The second-order valence-electron chi connectivity index (χ2n) is 4.65. The second-order valence-corrected chi connectivity index (χ2v) is 4.65. The lowest BCUT2D eigenvalue weighted by molar-refractivity contribution is -0.138. The predicted octanol–water partition coefficient (Wildman–Crippen LogP) is 1.96. The summed E-state index contributed by atoms with van der Waals surface area (Å²) in [5.74, 6) is -0.272. The number of aliphatic carboxylic acids is 1. The van der Waals surface area contributed by atoms with E-state index in [4.69, 9.17) is 15.6 Å². The summed E-state index contributed by atoms with van der Waals surface area (Å²) in [5, 5.41) is 8.90. The highest BCUT2D eigenvalue weighted by molar-refractivity contribution is 5.69. The van der Waals surface area contributed by atoms with E-state index < -0.39 is 11.5 Å². The number of aryl methyl sites for hydroxylation is 2. The standard InChI is InChI=1S/C13H19NO3/c1-8-5-9(2)12(10(6-8)17-4)13(3,14)7-11(15)16/h5-6H,7,14H2,1-4H3,(H,15,16).